The van der Waals surface area contributed by atoms with Crippen molar-refractivity contribution in [3.8, 4) is 11.4 Å². The maximum Gasteiger partial charge on any atom is 0.368 e. The molecule has 0 aliphatic rings. The van der Waals surface area contributed by atoms with Crippen molar-refractivity contribution in [1.82, 2.24) is 19.8 Å². The minimum Gasteiger partial charge on any atom is -0.489 e. The highest BCUT2D eigenvalue weighted by Crippen LogP contribution is 2.28. The molecule has 0 spiro atoms. The Morgan fingerprint density at radius 1 is 1.15 bits per heavy atom. The molecule has 0 unspecified atom stereocenters. The molecule has 0 saturated carbocycles. The molecule has 1 heterocycles. The van der Waals surface area contributed by atoms with E-state index in [0.29, 0.717) is 12.3 Å². The van der Waals surface area contributed by atoms with Crippen molar-refractivity contribution in [2.75, 3.05) is 0 Å². The maximum absolute atomic E-state index is 12.3. The van der Waals surface area contributed by atoms with Gasteiger partial charge >= 0.3 is 5.69 Å². The summed E-state index contributed by atoms with van der Waals surface area (Å²) in [7, 11) is 1.58. The summed E-state index contributed by atoms with van der Waals surface area (Å²) in [6.45, 7) is 6.47. The number of ether oxygens (including phenoxy) is 1. The van der Waals surface area contributed by atoms with Crippen molar-refractivity contribution in [3.05, 3.63) is 67.5 Å². The smallest absolute Gasteiger partial charge is 0.368 e. The summed E-state index contributed by atoms with van der Waals surface area (Å²) in [6, 6.07) is 9.90. The molecule has 6 nitrogen and oxygen atoms in total. The molecular formula is C19H21BrN4O2. The van der Waals surface area contributed by atoms with Crippen molar-refractivity contribution in [3.63, 3.8) is 0 Å². The lowest BCUT2D eigenvalue weighted by Gasteiger charge is -2.16. The van der Waals surface area contributed by atoms with Gasteiger partial charge in [-0.25, -0.2) is 4.79 Å². The van der Waals surface area contributed by atoms with E-state index in [-0.39, 0.29) is 5.69 Å². The van der Waals surface area contributed by atoms with Crippen molar-refractivity contribution < 1.29 is 4.74 Å². The number of hydrogen-bond acceptors (Lipinski definition) is 4. The fraction of sp³-hybridized carbons (Fsp3) is 0.316. The van der Waals surface area contributed by atoms with Crippen LogP contribution < -0.4 is 10.4 Å². The number of rotatable bonds is 5. The van der Waals surface area contributed by atoms with Gasteiger partial charge in [-0.3, -0.25) is 0 Å². The van der Waals surface area contributed by atoms with Gasteiger partial charge in [0.1, 0.15) is 12.4 Å². The third-order valence-corrected chi connectivity index (χ3v) is 5.26. The molecular weight excluding hydrogens is 396 g/mol. The Hall–Kier alpha value is -2.41. The number of aromatic nitrogens is 4. The minimum atomic E-state index is -0.282. The Bertz CT molecular complexity index is 1010. The molecule has 2 aromatic carbocycles. The zero-order valence-electron chi connectivity index (χ0n) is 15.3. The van der Waals surface area contributed by atoms with E-state index < -0.39 is 0 Å². The van der Waals surface area contributed by atoms with Crippen LogP contribution in [0.25, 0.3) is 5.69 Å². The second-order valence-corrected chi connectivity index (χ2v) is 7.08. The van der Waals surface area contributed by atoms with E-state index in [2.05, 4.69) is 33.3 Å². The molecule has 0 atom stereocenters. The number of tetrazole rings is 1. The first-order chi connectivity index (χ1) is 12.4. The summed E-state index contributed by atoms with van der Waals surface area (Å²) >= 11 is 3.54. The SMILES string of the molecule is CCc1cccc(-n2nnn(C)c2=O)c1COc1cc(C)c(Br)cc1C. The topological polar surface area (TPSA) is 61.9 Å². The van der Waals surface area contributed by atoms with Crippen LogP contribution in [0, 0.1) is 13.8 Å². The van der Waals surface area contributed by atoms with Crippen LogP contribution in [0.1, 0.15) is 29.2 Å². The number of aryl methyl sites for hydroxylation is 4. The monoisotopic (exact) mass is 416 g/mol. The van der Waals surface area contributed by atoms with Gasteiger partial charge in [-0.1, -0.05) is 35.0 Å². The van der Waals surface area contributed by atoms with Gasteiger partial charge in [0.05, 0.1) is 5.69 Å². The Balaban J connectivity index is 2.01. The number of nitrogens with zero attached hydrogens (tertiary/aromatic N) is 4. The van der Waals surface area contributed by atoms with Crippen molar-refractivity contribution in [2.24, 2.45) is 7.05 Å². The lowest BCUT2D eigenvalue weighted by Crippen LogP contribution is -2.23. The highest BCUT2D eigenvalue weighted by molar-refractivity contribution is 9.10. The van der Waals surface area contributed by atoms with E-state index in [0.717, 1.165) is 38.9 Å². The Morgan fingerprint density at radius 2 is 1.92 bits per heavy atom. The normalized spacial score (nSPS) is 11.0. The first-order valence-electron chi connectivity index (χ1n) is 8.42. The molecule has 0 saturated heterocycles. The van der Waals surface area contributed by atoms with Crippen LogP contribution >= 0.6 is 15.9 Å². The van der Waals surface area contributed by atoms with Gasteiger partial charge in [-0.2, -0.15) is 9.36 Å². The van der Waals surface area contributed by atoms with Gasteiger partial charge in [0, 0.05) is 17.1 Å². The van der Waals surface area contributed by atoms with E-state index in [1.165, 1.54) is 9.36 Å². The van der Waals surface area contributed by atoms with Gasteiger partial charge in [0.25, 0.3) is 0 Å². The molecule has 0 aliphatic carbocycles. The van der Waals surface area contributed by atoms with E-state index in [1.54, 1.807) is 7.05 Å². The Labute approximate surface area is 160 Å². The largest absolute Gasteiger partial charge is 0.489 e. The second kappa shape index (κ2) is 7.45. The predicted molar refractivity (Wildman–Crippen MR) is 104 cm³/mol. The second-order valence-electron chi connectivity index (χ2n) is 6.22. The summed E-state index contributed by atoms with van der Waals surface area (Å²) in [4.78, 5) is 12.3. The number of hydrogen-bond donors (Lipinski definition) is 0. The van der Waals surface area contributed by atoms with Gasteiger partial charge in [-0.15, -0.1) is 0 Å². The summed E-state index contributed by atoms with van der Waals surface area (Å²) in [6.07, 6.45) is 0.833. The quantitative estimate of drug-likeness (QED) is 0.638. The standard InChI is InChI=1S/C19H21BrN4O2/c1-5-14-7-6-8-17(24-19(25)23(4)21-22-24)15(14)11-26-18-10-12(2)16(20)9-13(18)3/h6-10H,5,11H2,1-4H3. The highest BCUT2D eigenvalue weighted by Gasteiger charge is 2.15. The molecule has 0 fully saturated rings. The summed E-state index contributed by atoms with van der Waals surface area (Å²) in [5.74, 6) is 0.828. The molecule has 7 heteroatoms. The summed E-state index contributed by atoms with van der Waals surface area (Å²) in [5, 5.41) is 7.79. The van der Waals surface area contributed by atoms with Crippen LogP contribution in [0.4, 0.5) is 0 Å². The zero-order chi connectivity index (χ0) is 18.8. The fourth-order valence-corrected chi connectivity index (χ4v) is 3.30. The molecule has 1 aromatic heterocycles. The van der Waals surface area contributed by atoms with Gasteiger partial charge in [0.15, 0.2) is 0 Å². The lowest BCUT2D eigenvalue weighted by molar-refractivity contribution is 0.302. The average molecular weight is 417 g/mol. The summed E-state index contributed by atoms with van der Waals surface area (Å²) in [5.41, 5.74) is 4.64. The Kier molecular flexibility index (Phi) is 5.27. The molecule has 136 valence electrons. The van der Waals surface area contributed by atoms with Crippen LogP contribution in [0.5, 0.6) is 5.75 Å². The first kappa shape index (κ1) is 18.4. The van der Waals surface area contributed by atoms with E-state index >= 15 is 0 Å². The fourth-order valence-electron chi connectivity index (χ4n) is 2.84. The molecule has 26 heavy (non-hydrogen) atoms. The van der Waals surface area contributed by atoms with Crippen LogP contribution in [0.3, 0.4) is 0 Å². The van der Waals surface area contributed by atoms with Crippen LogP contribution in [-0.4, -0.2) is 19.8 Å². The highest BCUT2D eigenvalue weighted by atomic mass is 79.9. The summed E-state index contributed by atoms with van der Waals surface area (Å²) < 4.78 is 9.71. The van der Waals surface area contributed by atoms with E-state index in [1.807, 2.05) is 44.2 Å². The maximum atomic E-state index is 12.3. The van der Waals surface area contributed by atoms with E-state index in [4.69, 9.17) is 4.74 Å². The minimum absolute atomic E-state index is 0.282. The third kappa shape index (κ3) is 3.44. The molecule has 0 N–H and O–H groups in total. The van der Waals surface area contributed by atoms with Crippen molar-refractivity contribution >= 4 is 15.9 Å². The molecule has 0 aliphatic heterocycles. The number of benzene rings is 2. The predicted octanol–water partition coefficient (Wildman–Crippen LogP) is 3.49. The average Bonchev–Trinajstić information content (AvgIpc) is 2.95. The van der Waals surface area contributed by atoms with Crippen molar-refractivity contribution in [1.29, 1.82) is 0 Å². The van der Waals surface area contributed by atoms with Gasteiger partial charge < -0.3 is 4.74 Å². The Morgan fingerprint density at radius 3 is 2.58 bits per heavy atom. The van der Waals surface area contributed by atoms with E-state index in [9.17, 15) is 4.79 Å². The zero-order valence-corrected chi connectivity index (χ0v) is 16.9. The van der Waals surface area contributed by atoms with Gasteiger partial charge in [0.2, 0.25) is 0 Å². The lowest BCUT2D eigenvalue weighted by atomic mass is 10.0. The van der Waals surface area contributed by atoms with Crippen LogP contribution in [0.2, 0.25) is 0 Å². The third-order valence-electron chi connectivity index (χ3n) is 4.41. The molecule has 0 amide bonds. The number of halogens is 1. The molecule has 0 radical (unpaired) electrons. The molecule has 3 aromatic rings. The van der Waals surface area contributed by atoms with Crippen LogP contribution in [-0.2, 0) is 20.1 Å². The molecule has 0 bridgehead atoms. The first-order valence-corrected chi connectivity index (χ1v) is 9.21. The van der Waals surface area contributed by atoms with Crippen molar-refractivity contribution in [2.45, 2.75) is 33.8 Å². The van der Waals surface area contributed by atoms with Gasteiger partial charge in [-0.05, 0) is 65.6 Å². The van der Waals surface area contributed by atoms with Crippen LogP contribution in [0.15, 0.2) is 39.6 Å². The molecule has 3 rings (SSSR count).